The lowest BCUT2D eigenvalue weighted by molar-refractivity contribution is -0.660. The van der Waals surface area contributed by atoms with E-state index in [4.69, 9.17) is 33.9 Å². The molecular weight excluding hydrogens is 1530 g/mol. The number of fused-ring (bicyclic) bond motifs is 15. The van der Waals surface area contributed by atoms with E-state index in [2.05, 4.69) is 271 Å². The van der Waals surface area contributed by atoms with Crippen LogP contribution in [0.5, 0.6) is 0 Å². The van der Waals surface area contributed by atoms with E-state index in [0.29, 0.717) is 40.4 Å². The van der Waals surface area contributed by atoms with Crippen LogP contribution in [0.25, 0.3) is 167 Å². The van der Waals surface area contributed by atoms with Crippen LogP contribution in [0.1, 0.15) is 167 Å². The third-order valence-electron chi connectivity index (χ3n) is 24.5. The summed E-state index contributed by atoms with van der Waals surface area (Å²) in [6.45, 7) is 21.8. The minimum atomic E-state index is -2.39. The van der Waals surface area contributed by atoms with E-state index in [1.165, 1.54) is 78.2 Å². The molecule has 0 radical (unpaired) electrons. The number of rotatable bonds is 11. The zero-order chi connectivity index (χ0) is 90.8. The lowest BCUT2D eigenvalue weighted by Gasteiger charge is -2.20. The summed E-state index contributed by atoms with van der Waals surface area (Å²) in [6, 6.07) is 70.8. The van der Waals surface area contributed by atoms with Crippen molar-refractivity contribution in [3.63, 3.8) is 0 Å². The number of hydrogen-bond acceptors (Lipinski definition) is 10. The van der Waals surface area contributed by atoms with Crippen LogP contribution in [0.3, 0.4) is 0 Å². The van der Waals surface area contributed by atoms with Crippen molar-refractivity contribution in [3.05, 3.63) is 299 Å². The molecule has 15 nitrogen and oxygen atoms in total. The van der Waals surface area contributed by atoms with Crippen molar-refractivity contribution in [2.24, 2.45) is 41.1 Å². The van der Waals surface area contributed by atoms with E-state index in [0.717, 1.165) is 167 Å². The van der Waals surface area contributed by atoms with Gasteiger partial charge in [0.25, 0.3) is 0 Å². The molecule has 5 aromatic carbocycles. The van der Waals surface area contributed by atoms with Gasteiger partial charge in [-0.25, -0.2) is 47.8 Å². The van der Waals surface area contributed by atoms with Crippen molar-refractivity contribution in [2.45, 2.75) is 153 Å². The second kappa shape index (κ2) is 34.8. The van der Waals surface area contributed by atoms with Crippen LogP contribution < -0.4 is 22.8 Å². The Morgan fingerprint density at radius 3 is 1.08 bits per heavy atom. The van der Waals surface area contributed by atoms with Crippen molar-refractivity contribution in [2.75, 3.05) is 0 Å². The summed E-state index contributed by atoms with van der Waals surface area (Å²) in [5.74, 6) is -1.27. The number of pyridine rings is 10. The summed E-state index contributed by atoms with van der Waals surface area (Å²) in [5.41, 5.74) is 30.5. The molecule has 0 aliphatic heterocycles. The van der Waals surface area contributed by atoms with Gasteiger partial charge < -0.3 is 22.1 Å². The Bertz CT molecular complexity index is 7710. The molecule has 20 aromatic rings. The van der Waals surface area contributed by atoms with Crippen LogP contribution >= 0.6 is 0 Å². The first-order valence-electron chi connectivity index (χ1n) is 45.7. The lowest BCUT2D eigenvalue weighted by Crippen LogP contribution is -2.31. The Hall–Kier alpha value is -13.4. The van der Waals surface area contributed by atoms with Crippen LogP contribution in [0.2, 0.25) is 0 Å². The van der Waals surface area contributed by atoms with Crippen LogP contribution in [0, 0.1) is 47.4 Å². The summed E-state index contributed by atoms with van der Waals surface area (Å²) >= 11 is 0. The molecule has 622 valence electrons. The van der Waals surface area contributed by atoms with E-state index >= 15 is 0 Å². The minimum Gasteiger partial charge on any atom is -0.437 e. The fourth-order valence-electron chi connectivity index (χ4n) is 17.7. The van der Waals surface area contributed by atoms with E-state index in [1.54, 1.807) is 6.07 Å². The fourth-order valence-corrected chi connectivity index (χ4v) is 17.7. The molecule has 1 atom stereocenters. The summed E-state index contributed by atoms with van der Waals surface area (Å²) in [7, 11) is 10.3. The second-order valence-corrected chi connectivity index (χ2v) is 34.0. The molecule has 21 rings (SSSR count). The van der Waals surface area contributed by atoms with Crippen LogP contribution in [-0.2, 0) is 48.1 Å². The third-order valence-corrected chi connectivity index (χ3v) is 24.5. The molecule has 15 aromatic heterocycles. The summed E-state index contributed by atoms with van der Waals surface area (Å²) in [6.07, 6.45) is 17.8. The van der Waals surface area contributed by atoms with Gasteiger partial charge in [0.1, 0.15) is 35.2 Å². The maximum atomic E-state index is 8.21. The van der Waals surface area contributed by atoms with Crippen LogP contribution in [0.4, 0.5) is 0 Å². The number of hydrogen-bond donors (Lipinski definition) is 0. The van der Waals surface area contributed by atoms with Gasteiger partial charge in [-0.2, -0.15) is 0 Å². The van der Waals surface area contributed by atoms with E-state index in [9.17, 15) is 0 Å². The number of aromatic nitrogens is 10. The van der Waals surface area contributed by atoms with E-state index in [1.807, 2.05) is 114 Å². The molecule has 0 bridgehead atoms. The monoisotopic (exact) mass is 1640 g/mol. The normalized spacial score (nSPS) is 13.8. The molecule has 0 spiro atoms. The average Bonchev–Trinajstić information content (AvgIpc) is 1.61. The first kappa shape index (κ1) is 76.7. The molecule has 15 heteroatoms. The molecule has 124 heavy (non-hydrogen) atoms. The molecule has 15 heterocycles. The van der Waals surface area contributed by atoms with Gasteiger partial charge in [0.05, 0.1) is 27.8 Å². The fraction of sp³-hybridized carbons (Fsp3) is 0.266. The molecular formula is C109H111N10O5+5. The van der Waals surface area contributed by atoms with Gasteiger partial charge in [-0.05, 0) is 204 Å². The molecule has 1 aliphatic carbocycles. The topological polar surface area (TPSA) is 150 Å². The maximum Gasteiger partial charge on any atom is 0.227 e. The lowest BCUT2D eigenvalue weighted by atomic mass is 9.86. The third kappa shape index (κ3) is 16.1. The molecule has 1 saturated carbocycles. The van der Waals surface area contributed by atoms with Gasteiger partial charge in [-0.1, -0.05) is 128 Å². The van der Waals surface area contributed by atoms with E-state index in [-0.39, 0.29) is 6.42 Å². The predicted molar refractivity (Wildman–Crippen MR) is 501 cm³/mol. The SMILES string of the molecule is CCc1ccc2c(n1)oc1c(-c3cccc[n+]3C)c(C)ccc12.Cc1ccc2c(n1)oc1c(-c3cccc[n+]3C)c(C)ccc12.Cc1ccc2c(oc3nc(C4CCCCC4)ccc32)c1-c1ccc(C(C)C)c[n+]1C.[2H]C(C)(C)c1ccc2c(n1)oc1c(-c3cccc[n+]3C)c(C)ccc12.[2H]C([2H])([2H])C([2H])(C)Cc1ccc2c(n1)oc1c(-c3cccc[n+]3C)c(C)ccc12. The summed E-state index contributed by atoms with van der Waals surface area (Å²) < 4.78 is 81.0. The van der Waals surface area contributed by atoms with Crippen molar-refractivity contribution < 1.29 is 51.8 Å². The van der Waals surface area contributed by atoms with E-state index < -0.39 is 18.6 Å². The van der Waals surface area contributed by atoms with Crippen molar-refractivity contribution in [1.29, 1.82) is 0 Å². The minimum absolute atomic E-state index is 0.0238. The van der Waals surface area contributed by atoms with Gasteiger partial charge in [0.2, 0.25) is 57.0 Å². The Morgan fingerprint density at radius 2 is 0.702 bits per heavy atom. The van der Waals surface area contributed by atoms with Crippen LogP contribution in [-0.4, -0.2) is 24.9 Å². The maximum absolute atomic E-state index is 8.21. The molecule has 1 aliphatic rings. The van der Waals surface area contributed by atoms with Crippen molar-refractivity contribution in [1.82, 2.24) is 24.9 Å². The number of nitrogens with zero attached hydrogens (tertiary/aromatic N) is 10. The number of benzene rings is 5. The van der Waals surface area contributed by atoms with Crippen molar-refractivity contribution in [3.8, 4) is 56.3 Å². The first-order valence-corrected chi connectivity index (χ1v) is 43.2. The molecule has 0 saturated heterocycles. The summed E-state index contributed by atoms with van der Waals surface area (Å²) in [5, 5.41) is 10.6. The highest BCUT2D eigenvalue weighted by atomic mass is 16.4. The highest BCUT2D eigenvalue weighted by molar-refractivity contribution is 6.13. The number of aryl methyl sites for hydroxylation is 12. The van der Waals surface area contributed by atoms with Crippen molar-refractivity contribution >= 4 is 110 Å². The summed E-state index contributed by atoms with van der Waals surface area (Å²) in [4.78, 5) is 23.3. The van der Waals surface area contributed by atoms with Gasteiger partial charge in [0, 0.05) is 155 Å². The molecule has 0 N–H and O–H groups in total. The second-order valence-electron chi connectivity index (χ2n) is 34.0. The average molecular weight is 1650 g/mol. The largest absolute Gasteiger partial charge is 0.437 e. The highest BCUT2D eigenvalue weighted by Crippen LogP contribution is 2.44. The smallest absolute Gasteiger partial charge is 0.227 e. The highest BCUT2D eigenvalue weighted by Gasteiger charge is 2.29. The quantitative estimate of drug-likeness (QED) is 0.115. The molecule has 1 fully saturated rings. The van der Waals surface area contributed by atoms with Gasteiger partial charge >= 0.3 is 0 Å². The Labute approximate surface area is 732 Å². The standard InChI is InChI=1S/C27H31N2O.C22H23N2O.C21H21N2O.C20H19N2O.C19H17N2O/c1-17(2)20-11-15-24(29(4)16-20)25-18(3)10-12-21-22-13-14-23(19-8-6-5-7-9-19)28-27(22)30-26(21)25;1-14(2)13-16-9-11-18-17-10-8-15(3)20(21(17)25-22(18)23-16)19-7-5-6-12-24(19)4;1-13(2)17-11-10-16-15-9-8-14(3)19(20(15)24-21(16)22-17)18-7-5-6-12-23(18)4;1-4-14-9-11-16-15-10-8-13(2)18(19(15)23-20(16)21-14)17-7-5-6-12-22(17)3;1-12-7-9-14-15-10-8-13(2)20-19(15)22-18(14)17(12)16-6-4-5-11-21(16)3/h10-17,19H,5-9H2,1-4H3;5-12,14H,13H2,1-4H3;5-13H,1-4H3;5-12H,4H2,1-3H3;4-11H,1-3H3/q5*+1/i;1D3,14D;13D;;. The number of furan rings is 5. The molecule has 0 amide bonds. The van der Waals surface area contributed by atoms with Gasteiger partial charge in [-0.15, -0.1) is 0 Å². The Kier molecular flexibility index (Phi) is 21.6. The predicted octanol–water partition coefficient (Wildman–Crippen LogP) is 25.3. The Morgan fingerprint density at radius 1 is 0.355 bits per heavy atom. The zero-order valence-electron chi connectivity index (χ0n) is 79.1. The zero-order valence-corrected chi connectivity index (χ0v) is 74.1. The van der Waals surface area contributed by atoms with Crippen LogP contribution in [0.15, 0.2) is 259 Å². The first-order chi connectivity index (χ1) is 61.8. The molecule has 1 unspecified atom stereocenters. The Balaban J connectivity index is 0.000000114. The van der Waals surface area contributed by atoms with Gasteiger partial charge in [0.15, 0.2) is 58.9 Å². The van der Waals surface area contributed by atoms with Gasteiger partial charge in [-0.3, -0.25) is 0 Å².